The Hall–Kier alpha value is -1.07. The van der Waals surface area contributed by atoms with Gasteiger partial charge in [0.1, 0.15) is 12.0 Å². The molecule has 0 saturated carbocycles. The Kier molecular flexibility index (Phi) is 3.72. The van der Waals surface area contributed by atoms with Crippen molar-refractivity contribution in [1.29, 1.82) is 0 Å². The van der Waals surface area contributed by atoms with E-state index in [0.717, 1.165) is 0 Å². The molecule has 0 fully saturated rings. The van der Waals surface area contributed by atoms with E-state index in [1.807, 2.05) is 6.92 Å². The maximum absolute atomic E-state index is 8.70. The number of oxazole rings is 1. The van der Waals surface area contributed by atoms with Crippen LogP contribution in [0.3, 0.4) is 0 Å². The van der Waals surface area contributed by atoms with Crippen LogP contribution in [-0.4, -0.2) is 29.8 Å². The number of nitrogens with one attached hydrogen (secondary N) is 1. The van der Waals surface area contributed by atoms with Gasteiger partial charge in [-0.25, -0.2) is 0 Å². The Balaban J connectivity index is 2.36. The number of aliphatic hydroxyl groups is 1. The van der Waals surface area contributed by atoms with Crippen molar-refractivity contribution < 1.29 is 14.3 Å². The molecule has 1 atom stereocenters. The summed E-state index contributed by atoms with van der Waals surface area (Å²) in [6.07, 6.45) is 1.52. The van der Waals surface area contributed by atoms with Gasteiger partial charge in [0.15, 0.2) is 0 Å². The van der Waals surface area contributed by atoms with Crippen LogP contribution in [-0.2, 0) is 11.3 Å². The quantitative estimate of drug-likeness (QED) is 0.705. The SMILES string of the molecule is COC(C)CNc1nc(CO)co1. The lowest BCUT2D eigenvalue weighted by atomic mass is 10.4. The molecule has 2 N–H and O–H groups in total. The van der Waals surface area contributed by atoms with Crippen LogP contribution in [0.4, 0.5) is 6.01 Å². The van der Waals surface area contributed by atoms with Crippen LogP contribution in [0.15, 0.2) is 10.7 Å². The molecule has 0 radical (unpaired) electrons. The number of anilines is 1. The highest BCUT2D eigenvalue weighted by molar-refractivity contribution is 5.20. The Labute approximate surface area is 76.7 Å². The molecule has 74 valence electrons. The van der Waals surface area contributed by atoms with Gasteiger partial charge in [-0.15, -0.1) is 0 Å². The molecule has 0 saturated heterocycles. The minimum Gasteiger partial charge on any atom is -0.432 e. The Morgan fingerprint density at radius 2 is 2.54 bits per heavy atom. The summed E-state index contributed by atoms with van der Waals surface area (Å²) in [5.41, 5.74) is 0.521. The summed E-state index contributed by atoms with van der Waals surface area (Å²) in [5, 5.41) is 11.6. The van der Waals surface area contributed by atoms with Crippen molar-refractivity contribution in [3.63, 3.8) is 0 Å². The van der Waals surface area contributed by atoms with Gasteiger partial charge in [-0.05, 0) is 6.92 Å². The minimum absolute atomic E-state index is 0.101. The molecule has 1 heterocycles. The number of nitrogens with zero attached hydrogens (tertiary/aromatic N) is 1. The molecule has 1 aromatic heterocycles. The van der Waals surface area contributed by atoms with E-state index in [4.69, 9.17) is 14.3 Å². The summed E-state index contributed by atoms with van der Waals surface area (Å²) in [6.45, 7) is 2.45. The number of methoxy groups -OCH3 is 1. The average molecular weight is 186 g/mol. The highest BCUT2D eigenvalue weighted by Crippen LogP contribution is 2.07. The summed E-state index contributed by atoms with van der Waals surface area (Å²) in [7, 11) is 1.64. The fraction of sp³-hybridized carbons (Fsp3) is 0.625. The first-order valence-corrected chi connectivity index (χ1v) is 4.08. The van der Waals surface area contributed by atoms with Crippen molar-refractivity contribution in [2.45, 2.75) is 19.6 Å². The molecular weight excluding hydrogens is 172 g/mol. The van der Waals surface area contributed by atoms with Gasteiger partial charge in [0.2, 0.25) is 0 Å². The molecular formula is C8H14N2O3. The predicted octanol–water partition coefficient (Wildman–Crippen LogP) is 0.614. The van der Waals surface area contributed by atoms with Crippen LogP contribution in [0.5, 0.6) is 0 Å². The van der Waals surface area contributed by atoms with Crippen molar-refractivity contribution in [3.8, 4) is 0 Å². The van der Waals surface area contributed by atoms with Crippen LogP contribution in [0.2, 0.25) is 0 Å². The van der Waals surface area contributed by atoms with Crippen molar-refractivity contribution in [2.24, 2.45) is 0 Å². The Morgan fingerprint density at radius 3 is 3.08 bits per heavy atom. The van der Waals surface area contributed by atoms with Crippen molar-refractivity contribution in [3.05, 3.63) is 12.0 Å². The van der Waals surface area contributed by atoms with Crippen LogP contribution < -0.4 is 5.32 Å². The molecule has 0 aliphatic heterocycles. The lowest BCUT2D eigenvalue weighted by Gasteiger charge is -2.08. The lowest BCUT2D eigenvalue weighted by Crippen LogP contribution is -2.18. The monoisotopic (exact) mass is 186 g/mol. The smallest absolute Gasteiger partial charge is 0.294 e. The van der Waals surface area contributed by atoms with Gasteiger partial charge in [0, 0.05) is 13.7 Å². The molecule has 5 heteroatoms. The normalized spacial score (nSPS) is 12.8. The third-order valence-corrected chi connectivity index (χ3v) is 1.66. The zero-order valence-corrected chi connectivity index (χ0v) is 7.78. The largest absolute Gasteiger partial charge is 0.432 e. The van der Waals surface area contributed by atoms with Crippen LogP contribution in [0.1, 0.15) is 12.6 Å². The van der Waals surface area contributed by atoms with E-state index in [1.54, 1.807) is 7.11 Å². The zero-order chi connectivity index (χ0) is 9.68. The van der Waals surface area contributed by atoms with Crippen LogP contribution in [0, 0.1) is 0 Å². The third-order valence-electron chi connectivity index (χ3n) is 1.66. The van der Waals surface area contributed by atoms with Gasteiger partial charge in [0.25, 0.3) is 6.01 Å². The molecule has 0 spiro atoms. The van der Waals surface area contributed by atoms with E-state index < -0.39 is 0 Å². The topological polar surface area (TPSA) is 67.5 Å². The van der Waals surface area contributed by atoms with Gasteiger partial charge in [-0.2, -0.15) is 4.98 Å². The Morgan fingerprint density at radius 1 is 1.77 bits per heavy atom. The summed E-state index contributed by atoms with van der Waals surface area (Å²) in [5.74, 6) is 0. The van der Waals surface area contributed by atoms with Gasteiger partial charge >= 0.3 is 0 Å². The molecule has 0 bridgehead atoms. The minimum atomic E-state index is -0.106. The summed E-state index contributed by atoms with van der Waals surface area (Å²) in [6, 6.07) is 0.410. The molecule has 0 aliphatic carbocycles. The lowest BCUT2D eigenvalue weighted by molar-refractivity contribution is 0.128. The first kappa shape index (κ1) is 10.0. The average Bonchev–Trinajstić information content (AvgIpc) is 2.61. The number of aliphatic hydroxyl groups excluding tert-OH is 1. The molecule has 13 heavy (non-hydrogen) atoms. The van der Waals surface area contributed by atoms with E-state index in [9.17, 15) is 0 Å². The molecule has 1 unspecified atom stereocenters. The number of aromatic nitrogens is 1. The second kappa shape index (κ2) is 4.84. The van der Waals surface area contributed by atoms with Gasteiger partial charge in [-0.3, -0.25) is 0 Å². The van der Waals surface area contributed by atoms with E-state index in [0.29, 0.717) is 18.3 Å². The molecule has 0 amide bonds. The van der Waals surface area contributed by atoms with Gasteiger partial charge in [0.05, 0.1) is 12.7 Å². The van der Waals surface area contributed by atoms with Crippen molar-refractivity contribution in [1.82, 2.24) is 4.98 Å². The molecule has 1 rings (SSSR count). The summed E-state index contributed by atoms with van der Waals surface area (Å²) in [4.78, 5) is 3.95. The summed E-state index contributed by atoms with van der Waals surface area (Å²) >= 11 is 0. The standard InChI is InChI=1S/C8H14N2O3/c1-6(12-2)3-9-8-10-7(4-11)5-13-8/h5-6,11H,3-4H2,1-2H3,(H,9,10). The molecule has 0 aromatic carbocycles. The maximum atomic E-state index is 8.70. The number of hydrogen-bond donors (Lipinski definition) is 2. The number of hydrogen-bond acceptors (Lipinski definition) is 5. The van der Waals surface area contributed by atoms with Gasteiger partial charge < -0.3 is 19.6 Å². The van der Waals surface area contributed by atoms with Crippen molar-refractivity contribution in [2.75, 3.05) is 19.0 Å². The van der Waals surface area contributed by atoms with E-state index in [1.165, 1.54) is 6.26 Å². The fourth-order valence-corrected chi connectivity index (χ4v) is 0.775. The highest BCUT2D eigenvalue weighted by Gasteiger charge is 2.04. The summed E-state index contributed by atoms with van der Waals surface area (Å²) < 4.78 is 10.0. The van der Waals surface area contributed by atoms with Crippen LogP contribution in [0.25, 0.3) is 0 Å². The van der Waals surface area contributed by atoms with Crippen LogP contribution >= 0.6 is 0 Å². The zero-order valence-electron chi connectivity index (χ0n) is 7.78. The third kappa shape index (κ3) is 3.04. The van der Waals surface area contributed by atoms with E-state index in [2.05, 4.69) is 10.3 Å². The molecule has 0 aliphatic rings. The first-order valence-electron chi connectivity index (χ1n) is 4.08. The van der Waals surface area contributed by atoms with Gasteiger partial charge in [-0.1, -0.05) is 0 Å². The first-order chi connectivity index (χ1) is 6.26. The molecule has 1 aromatic rings. The number of rotatable bonds is 5. The predicted molar refractivity (Wildman–Crippen MR) is 47.4 cm³/mol. The maximum Gasteiger partial charge on any atom is 0.294 e. The van der Waals surface area contributed by atoms with E-state index >= 15 is 0 Å². The second-order valence-electron chi connectivity index (χ2n) is 2.73. The highest BCUT2D eigenvalue weighted by atomic mass is 16.5. The Bertz CT molecular complexity index is 249. The second-order valence-corrected chi connectivity index (χ2v) is 2.73. The molecule has 5 nitrogen and oxygen atoms in total. The van der Waals surface area contributed by atoms with E-state index in [-0.39, 0.29) is 12.7 Å². The van der Waals surface area contributed by atoms with Crippen molar-refractivity contribution >= 4 is 6.01 Å². The fourth-order valence-electron chi connectivity index (χ4n) is 0.775. The number of ether oxygens (including phenoxy) is 1.